The van der Waals surface area contributed by atoms with Gasteiger partial charge in [0, 0.05) is 40.5 Å². The zero-order chi connectivity index (χ0) is 27.1. The first-order chi connectivity index (χ1) is 18.9. The number of aryl methyl sites for hydroxylation is 2. The number of nitrogens with zero attached hydrogens (tertiary/aromatic N) is 4. The number of pyridine rings is 1. The number of benzene rings is 3. The first-order valence-electron chi connectivity index (χ1n) is 12.5. The fraction of sp³-hybridized carbons (Fsp3) is 0.0968. The SMILES string of the molecule is Cc1cc2c(C#N)cccc2n1-c1cc(NCc2ccccc2)c2cc(C)n(S(=O)(=O)c3ccccc3)c2n1. The van der Waals surface area contributed by atoms with Crippen molar-refractivity contribution in [3.8, 4) is 11.9 Å². The summed E-state index contributed by atoms with van der Waals surface area (Å²) in [6.07, 6.45) is 0. The van der Waals surface area contributed by atoms with Gasteiger partial charge in [-0.25, -0.2) is 17.4 Å². The van der Waals surface area contributed by atoms with Gasteiger partial charge in [-0.2, -0.15) is 5.26 Å². The van der Waals surface area contributed by atoms with E-state index in [1.807, 2.05) is 72.2 Å². The number of hydrogen-bond acceptors (Lipinski definition) is 5. The molecule has 0 fully saturated rings. The highest BCUT2D eigenvalue weighted by Gasteiger charge is 2.25. The Kier molecular flexibility index (Phi) is 5.93. The summed E-state index contributed by atoms with van der Waals surface area (Å²) in [4.78, 5) is 5.13. The zero-order valence-electron chi connectivity index (χ0n) is 21.5. The molecule has 6 aromatic rings. The summed E-state index contributed by atoms with van der Waals surface area (Å²) in [5, 5.41) is 14.7. The predicted molar refractivity (Wildman–Crippen MR) is 154 cm³/mol. The second-order valence-electron chi connectivity index (χ2n) is 9.44. The molecular formula is C31H25N5O2S. The van der Waals surface area contributed by atoms with Crippen LogP contribution in [0.3, 0.4) is 0 Å². The molecule has 0 atom stereocenters. The van der Waals surface area contributed by atoms with E-state index in [9.17, 15) is 13.7 Å². The summed E-state index contributed by atoms with van der Waals surface area (Å²) < 4.78 is 31.0. The maximum atomic E-state index is 13.8. The third-order valence-electron chi connectivity index (χ3n) is 6.88. The molecule has 0 spiro atoms. The Morgan fingerprint density at radius 2 is 1.54 bits per heavy atom. The van der Waals surface area contributed by atoms with Crippen molar-refractivity contribution in [2.24, 2.45) is 0 Å². The van der Waals surface area contributed by atoms with Gasteiger partial charge < -0.3 is 5.32 Å². The molecule has 192 valence electrons. The van der Waals surface area contributed by atoms with Crippen LogP contribution in [0.15, 0.2) is 102 Å². The maximum absolute atomic E-state index is 13.8. The Morgan fingerprint density at radius 3 is 2.26 bits per heavy atom. The number of rotatable bonds is 6. The van der Waals surface area contributed by atoms with Gasteiger partial charge in [0.2, 0.25) is 0 Å². The molecule has 0 aliphatic rings. The van der Waals surface area contributed by atoms with Crippen LogP contribution in [-0.2, 0) is 16.6 Å². The second-order valence-corrected chi connectivity index (χ2v) is 11.2. The molecule has 39 heavy (non-hydrogen) atoms. The molecule has 1 N–H and O–H groups in total. The van der Waals surface area contributed by atoms with Crippen molar-refractivity contribution >= 4 is 37.6 Å². The van der Waals surface area contributed by atoms with Crippen molar-refractivity contribution in [1.29, 1.82) is 5.26 Å². The van der Waals surface area contributed by atoms with Gasteiger partial charge in [-0.05, 0) is 55.8 Å². The van der Waals surface area contributed by atoms with Crippen LogP contribution in [0.4, 0.5) is 5.69 Å². The number of fused-ring (bicyclic) bond motifs is 2. The zero-order valence-corrected chi connectivity index (χ0v) is 22.3. The Morgan fingerprint density at radius 1 is 0.846 bits per heavy atom. The molecule has 3 aromatic carbocycles. The summed E-state index contributed by atoms with van der Waals surface area (Å²) >= 11 is 0. The molecule has 0 bridgehead atoms. The van der Waals surface area contributed by atoms with Gasteiger partial charge in [-0.3, -0.25) is 4.57 Å². The molecule has 8 heteroatoms. The molecule has 0 unspecified atom stereocenters. The van der Waals surface area contributed by atoms with E-state index in [0.717, 1.165) is 27.8 Å². The standard InChI is InChI=1S/C31H25N5O2S/c1-21-16-26-24(19-32)12-9-15-29(26)35(21)30-18-28(33-20-23-10-5-3-6-11-23)27-17-22(2)36(31(27)34-30)39(37,38)25-13-7-4-8-14-25/h3-18H,20H2,1-2H3,(H,33,34). The monoisotopic (exact) mass is 531 g/mol. The Labute approximate surface area is 226 Å². The molecule has 0 radical (unpaired) electrons. The summed E-state index contributed by atoms with van der Waals surface area (Å²) in [5.41, 5.74) is 5.04. The lowest BCUT2D eigenvalue weighted by atomic mass is 10.1. The largest absolute Gasteiger partial charge is 0.380 e. The van der Waals surface area contributed by atoms with E-state index in [-0.39, 0.29) is 4.90 Å². The molecule has 3 heterocycles. The van der Waals surface area contributed by atoms with Crippen molar-refractivity contribution < 1.29 is 8.42 Å². The van der Waals surface area contributed by atoms with E-state index < -0.39 is 10.0 Å². The van der Waals surface area contributed by atoms with E-state index >= 15 is 0 Å². The Bertz CT molecular complexity index is 2000. The van der Waals surface area contributed by atoms with E-state index in [2.05, 4.69) is 11.4 Å². The van der Waals surface area contributed by atoms with Gasteiger partial charge in [0.15, 0.2) is 5.65 Å². The van der Waals surface area contributed by atoms with Gasteiger partial charge in [-0.1, -0.05) is 54.6 Å². The van der Waals surface area contributed by atoms with Crippen LogP contribution < -0.4 is 5.32 Å². The lowest BCUT2D eigenvalue weighted by Gasteiger charge is -2.15. The third kappa shape index (κ3) is 4.13. The Balaban J connectivity index is 1.62. The molecule has 7 nitrogen and oxygen atoms in total. The average Bonchev–Trinajstić information content (AvgIpc) is 3.48. The van der Waals surface area contributed by atoms with Crippen LogP contribution in [0.5, 0.6) is 0 Å². The normalized spacial score (nSPS) is 11.6. The maximum Gasteiger partial charge on any atom is 0.269 e. The predicted octanol–water partition coefficient (Wildman–Crippen LogP) is 6.32. The highest BCUT2D eigenvalue weighted by atomic mass is 32.2. The highest BCUT2D eigenvalue weighted by molar-refractivity contribution is 7.90. The number of hydrogen-bond donors (Lipinski definition) is 1. The van der Waals surface area contributed by atoms with Crippen molar-refractivity contribution in [3.63, 3.8) is 0 Å². The summed E-state index contributed by atoms with van der Waals surface area (Å²) in [7, 11) is -3.91. The molecule has 0 saturated heterocycles. The molecule has 0 amide bonds. The average molecular weight is 532 g/mol. The number of nitriles is 1. The lowest BCUT2D eigenvalue weighted by molar-refractivity contribution is 0.587. The summed E-state index contributed by atoms with van der Waals surface area (Å²) in [6, 6.07) is 32.0. The molecule has 3 aromatic heterocycles. The van der Waals surface area contributed by atoms with Crippen LogP contribution in [0.2, 0.25) is 0 Å². The van der Waals surface area contributed by atoms with Gasteiger partial charge in [-0.15, -0.1) is 0 Å². The third-order valence-corrected chi connectivity index (χ3v) is 8.69. The van der Waals surface area contributed by atoms with E-state index in [1.54, 1.807) is 43.3 Å². The van der Waals surface area contributed by atoms with Crippen molar-refractivity contribution in [1.82, 2.24) is 13.5 Å². The minimum absolute atomic E-state index is 0.192. The van der Waals surface area contributed by atoms with Gasteiger partial charge in [0.1, 0.15) is 5.82 Å². The topological polar surface area (TPSA) is 92.7 Å². The molecule has 0 saturated carbocycles. The fourth-order valence-corrected chi connectivity index (χ4v) is 6.59. The molecule has 0 aliphatic heterocycles. The van der Waals surface area contributed by atoms with Crippen molar-refractivity contribution in [2.75, 3.05) is 5.32 Å². The highest BCUT2D eigenvalue weighted by Crippen LogP contribution is 2.33. The Hall–Kier alpha value is -4.87. The second kappa shape index (κ2) is 9.46. The van der Waals surface area contributed by atoms with Crippen LogP contribution in [0.1, 0.15) is 22.5 Å². The van der Waals surface area contributed by atoms with Crippen LogP contribution >= 0.6 is 0 Å². The number of aromatic nitrogens is 3. The molecule has 0 aliphatic carbocycles. The number of nitrogens with one attached hydrogen (secondary N) is 1. The van der Waals surface area contributed by atoms with Gasteiger partial charge >= 0.3 is 0 Å². The summed E-state index contributed by atoms with van der Waals surface area (Å²) in [6.45, 7) is 4.28. The molecule has 6 rings (SSSR count). The minimum Gasteiger partial charge on any atom is -0.380 e. The fourth-order valence-electron chi connectivity index (χ4n) is 5.08. The van der Waals surface area contributed by atoms with E-state index in [0.29, 0.717) is 34.7 Å². The first-order valence-corrected chi connectivity index (χ1v) is 14.0. The van der Waals surface area contributed by atoms with Crippen LogP contribution in [-0.4, -0.2) is 21.9 Å². The number of anilines is 1. The minimum atomic E-state index is -3.91. The quantitative estimate of drug-likeness (QED) is 0.272. The first kappa shape index (κ1) is 24.5. The van der Waals surface area contributed by atoms with Crippen molar-refractivity contribution in [3.05, 3.63) is 120 Å². The lowest BCUT2D eigenvalue weighted by Crippen LogP contribution is -2.15. The van der Waals surface area contributed by atoms with Gasteiger partial charge in [0.05, 0.1) is 22.0 Å². The smallest absolute Gasteiger partial charge is 0.269 e. The van der Waals surface area contributed by atoms with Crippen molar-refractivity contribution in [2.45, 2.75) is 25.3 Å². The van der Waals surface area contributed by atoms with Crippen LogP contribution in [0, 0.1) is 25.2 Å². The van der Waals surface area contributed by atoms with Gasteiger partial charge in [0.25, 0.3) is 10.0 Å². The molecular weight excluding hydrogens is 506 g/mol. The summed E-state index contributed by atoms with van der Waals surface area (Å²) in [5.74, 6) is 0.559. The van der Waals surface area contributed by atoms with E-state index in [4.69, 9.17) is 4.98 Å². The van der Waals surface area contributed by atoms with E-state index in [1.165, 1.54) is 3.97 Å². The van der Waals surface area contributed by atoms with Crippen LogP contribution in [0.25, 0.3) is 27.8 Å².